The first-order chi connectivity index (χ1) is 39.5. The molecule has 0 bridgehead atoms. The van der Waals surface area contributed by atoms with Crippen LogP contribution < -0.4 is 5.32 Å². The lowest BCUT2D eigenvalue weighted by Crippen LogP contribution is -2.45. The molecule has 0 spiro atoms. The minimum atomic E-state index is -0.671. The van der Waals surface area contributed by atoms with Gasteiger partial charge in [0.15, 0.2) is 0 Å². The maximum Gasteiger partial charge on any atom is 0.305 e. The second-order valence-corrected chi connectivity index (χ2v) is 24.6. The molecule has 0 rings (SSSR count). The first-order valence-electron chi connectivity index (χ1n) is 35.9. The van der Waals surface area contributed by atoms with Gasteiger partial charge in [-0.05, 0) is 77.0 Å². The third kappa shape index (κ3) is 65.0. The van der Waals surface area contributed by atoms with E-state index in [4.69, 9.17) is 4.74 Å². The smallest absolute Gasteiger partial charge is 0.305 e. The Bertz CT molecular complexity index is 1340. The summed E-state index contributed by atoms with van der Waals surface area (Å²) >= 11 is 0. The van der Waals surface area contributed by atoms with Crippen molar-refractivity contribution < 1.29 is 24.5 Å². The number of amides is 1. The zero-order valence-corrected chi connectivity index (χ0v) is 53.8. The molecule has 0 aliphatic rings. The summed E-state index contributed by atoms with van der Waals surface area (Å²) in [5, 5.41) is 23.4. The van der Waals surface area contributed by atoms with E-state index in [0.717, 1.165) is 57.8 Å². The fourth-order valence-corrected chi connectivity index (χ4v) is 11.2. The maximum absolute atomic E-state index is 12.6. The number of hydrogen-bond donors (Lipinski definition) is 3. The molecule has 2 atom stereocenters. The van der Waals surface area contributed by atoms with E-state index in [9.17, 15) is 19.8 Å². The summed E-state index contributed by atoms with van der Waals surface area (Å²) in [5.41, 5.74) is 0. The predicted molar refractivity (Wildman–Crippen MR) is 352 cm³/mol. The van der Waals surface area contributed by atoms with Crippen molar-refractivity contribution in [3.8, 4) is 0 Å². The number of aliphatic hydroxyl groups excluding tert-OH is 2. The Kier molecular flexibility index (Phi) is 67.4. The third-order valence-corrected chi connectivity index (χ3v) is 16.6. The van der Waals surface area contributed by atoms with Crippen molar-refractivity contribution >= 4 is 11.9 Å². The minimum Gasteiger partial charge on any atom is -0.465 e. The molecule has 6 nitrogen and oxygen atoms in total. The van der Waals surface area contributed by atoms with Crippen LogP contribution in [0.5, 0.6) is 0 Å². The number of esters is 1. The SMILES string of the molecule is CCCCCC/C=C\C/C=C\CCCCCCCCCC(=O)OCC/C=C\C/C=C\CCCCCCCCCCCCCCCCC(=O)NC(CO)C(O)CCCCCCCCCCCCCCCCCCCCCCCCCC. The average Bonchev–Trinajstić information content (AvgIpc) is 3.46. The molecule has 0 aliphatic heterocycles. The van der Waals surface area contributed by atoms with Crippen molar-refractivity contribution in [3.05, 3.63) is 48.6 Å². The molecule has 0 saturated heterocycles. The van der Waals surface area contributed by atoms with Crippen LogP contribution in [-0.4, -0.2) is 47.4 Å². The van der Waals surface area contributed by atoms with Crippen molar-refractivity contribution in [2.45, 2.75) is 398 Å². The lowest BCUT2D eigenvalue weighted by molar-refractivity contribution is -0.143. The van der Waals surface area contributed by atoms with Gasteiger partial charge in [0, 0.05) is 12.8 Å². The topological polar surface area (TPSA) is 95.9 Å². The molecule has 0 aliphatic carbocycles. The quantitative estimate of drug-likeness (QED) is 0.0320. The highest BCUT2D eigenvalue weighted by Gasteiger charge is 2.20. The van der Waals surface area contributed by atoms with Crippen molar-refractivity contribution in [1.82, 2.24) is 5.32 Å². The van der Waals surface area contributed by atoms with Crippen LogP contribution >= 0.6 is 0 Å². The van der Waals surface area contributed by atoms with Crippen LogP contribution in [0.15, 0.2) is 48.6 Å². The van der Waals surface area contributed by atoms with E-state index in [2.05, 4.69) is 67.8 Å². The third-order valence-electron chi connectivity index (χ3n) is 16.6. The zero-order valence-electron chi connectivity index (χ0n) is 53.8. The number of hydrogen-bond acceptors (Lipinski definition) is 5. The van der Waals surface area contributed by atoms with Gasteiger partial charge in [-0.1, -0.05) is 345 Å². The van der Waals surface area contributed by atoms with Crippen LogP contribution in [0.2, 0.25) is 0 Å². The summed E-state index contributed by atoms with van der Waals surface area (Å²) in [6.45, 7) is 4.85. The molecule has 0 aromatic heterocycles. The number of ether oxygens (including phenoxy) is 1. The number of aliphatic hydroxyl groups is 2. The summed E-state index contributed by atoms with van der Waals surface area (Å²) in [6, 6.07) is -0.548. The van der Waals surface area contributed by atoms with E-state index in [1.165, 1.54) is 295 Å². The summed E-state index contributed by atoms with van der Waals surface area (Å²) < 4.78 is 5.43. The maximum atomic E-state index is 12.6. The van der Waals surface area contributed by atoms with E-state index >= 15 is 0 Å². The lowest BCUT2D eigenvalue weighted by atomic mass is 10.0. The highest BCUT2D eigenvalue weighted by molar-refractivity contribution is 5.76. The first kappa shape index (κ1) is 77.8. The summed E-state index contributed by atoms with van der Waals surface area (Å²) in [6.07, 6.45) is 90.3. The van der Waals surface area contributed by atoms with Crippen LogP contribution in [0.4, 0.5) is 0 Å². The fraction of sp³-hybridized carbons (Fsp3) is 0.865. The summed E-state index contributed by atoms with van der Waals surface area (Å²) in [7, 11) is 0. The molecule has 3 N–H and O–H groups in total. The molecule has 2 unspecified atom stereocenters. The van der Waals surface area contributed by atoms with Gasteiger partial charge in [-0.3, -0.25) is 9.59 Å². The van der Waals surface area contributed by atoms with Crippen molar-refractivity contribution in [2.24, 2.45) is 0 Å². The summed E-state index contributed by atoms with van der Waals surface area (Å²) in [4.78, 5) is 24.6. The van der Waals surface area contributed by atoms with E-state index in [0.29, 0.717) is 25.9 Å². The standard InChI is InChI=1S/C74H139NO5/c1-3-5-7-9-11-13-15-17-19-21-23-24-25-26-28-31-34-38-42-46-50-54-58-62-66-72(77)71(70-76)75-73(78)67-63-59-55-51-47-43-39-35-32-29-27-30-33-37-41-45-49-53-57-61-65-69-80-74(79)68-64-60-56-52-48-44-40-36-22-20-18-16-14-12-10-8-6-4-2/h14,16,20,22,45,49,57,61,71-72,76-77H,3-13,15,17-19,21,23-44,46-48,50-56,58-60,62-70H2,1-2H3,(H,75,78)/b16-14-,22-20-,49-45-,61-57-. The largest absolute Gasteiger partial charge is 0.465 e. The van der Waals surface area contributed by atoms with Crippen molar-refractivity contribution in [2.75, 3.05) is 13.2 Å². The van der Waals surface area contributed by atoms with Gasteiger partial charge in [0.1, 0.15) is 0 Å². The van der Waals surface area contributed by atoms with Gasteiger partial charge in [-0.25, -0.2) is 0 Å². The van der Waals surface area contributed by atoms with Crippen LogP contribution in [0.25, 0.3) is 0 Å². The molecule has 470 valence electrons. The van der Waals surface area contributed by atoms with Gasteiger partial charge in [0.25, 0.3) is 0 Å². The lowest BCUT2D eigenvalue weighted by Gasteiger charge is -2.22. The first-order valence-corrected chi connectivity index (χ1v) is 35.9. The Morgan fingerprint density at radius 3 is 0.963 bits per heavy atom. The van der Waals surface area contributed by atoms with Crippen LogP contribution in [0.3, 0.4) is 0 Å². The Morgan fingerprint density at radius 1 is 0.350 bits per heavy atom. The second-order valence-electron chi connectivity index (χ2n) is 24.6. The van der Waals surface area contributed by atoms with E-state index in [1.54, 1.807) is 0 Å². The molecule has 6 heteroatoms. The van der Waals surface area contributed by atoms with Crippen molar-refractivity contribution in [1.29, 1.82) is 0 Å². The van der Waals surface area contributed by atoms with Crippen molar-refractivity contribution in [3.63, 3.8) is 0 Å². The molecule has 0 aromatic rings. The minimum absolute atomic E-state index is 0.0361. The second kappa shape index (κ2) is 69.3. The molecule has 0 fully saturated rings. The average molecular weight is 1120 g/mol. The van der Waals surface area contributed by atoms with E-state index in [1.807, 2.05) is 0 Å². The molecule has 0 heterocycles. The van der Waals surface area contributed by atoms with Gasteiger partial charge in [0.05, 0.1) is 25.4 Å². The molecule has 1 amide bonds. The summed E-state index contributed by atoms with van der Waals surface area (Å²) in [5.74, 6) is -0.0780. The number of carbonyl (C=O) groups is 2. The molecule has 80 heavy (non-hydrogen) atoms. The van der Waals surface area contributed by atoms with Gasteiger partial charge in [0.2, 0.25) is 5.91 Å². The number of rotatable bonds is 67. The van der Waals surface area contributed by atoms with Gasteiger partial charge >= 0.3 is 5.97 Å². The van der Waals surface area contributed by atoms with Crippen LogP contribution in [0.1, 0.15) is 386 Å². The number of carbonyl (C=O) groups excluding carboxylic acids is 2. The van der Waals surface area contributed by atoms with Crippen LogP contribution in [0, 0.1) is 0 Å². The van der Waals surface area contributed by atoms with Gasteiger partial charge < -0.3 is 20.3 Å². The Labute approximate surface area is 499 Å². The van der Waals surface area contributed by atoms with Gasteiger partial charge in [-0.15, -0.1) is 0 Å². The van der Waals surface area contributed by atoms with Crippen LogP contribution in [-0.2, 0) is 14.3 Å². The Hall–Kier alpha value is -2.18. The fourth-order valence-electron chi connectivity index (χ4n) is 11.2. The highest BCUT2D eigenvalue weighted by atomic mass is 16.5. The Morgan fingerprint density at radius 2 is 0.625 bits per heavy atom. The Balaban J connectivity index is 3.45. The normalized spacial score (nSPS) is 12.8. The number of unbranched alkanes of at least 4 members (excludes halogenated alkanes) is 48. The molecule has 0 radical (unpaired) electrons. The molecular weight excluding hydrogens is 983 g/mol. The number of allylic oxidation sites excluding steroid dienone is 7. The zero-order chi connectivity index (χ0) is 57.8. The highest BCUT2D eigenvalue weighted by Crippen LogP contribution is 2.19. The predicted octanol–water partition coefficient (Wildman–Crippen LogP) is 23.3. The van der Waals surface area contributed by atoms with E-state index < -0.39 is 12.1 Å². The monoisotopic (exact) mass is 1120 g/mol. The van der Waals surface area contributed by atoms with Gasteiger partial charge in [-0.2, -0.15) is 0 Å². The molecule has 0 aromatic carbocycles. The molecule has 0 saturated carbocycles. The van der Waals surface area contributed by atoms with E-state index in [-0.39, 0.29) is 18.5 Å². The number of nitrogens with one attached hydrogen (secondary N) is 1. The molecular formula is C74H139NO5.